The van der Waals surface area contributed by atoms with Crippen LogP contribution in [-0.2, 0) is 17.9 Å². The largest absolute Gasteiger partial charge is 0.383 e. The average Bonchev–Trinajstić information content (AvgIpc) is 3.09. The Morgan fingerprint density at radius 2 is 2.03 bits per heavy atom. The third kappa shape index (κ3) is 5.36. The van der Waals surface area contributed by atoms with Gasteiger partial charge in [-0.25, -0.2) is 4.99 Å². The van der Waals surface area contributed by atoms with E-state index in [0.29, 0.717) is 24.8 Å². The third-order valence-corrected chi connectivity index (χ3v) is 5.11. The van der Waals surface area contributed by atoms with Crippen molar-refractivity contribution in [3.05, 3.63) is 65.1 Å². The molecule has 0 saturated carbocycles. The molecule has 0 radical (unpaired) electrons. The van der Waals surface area contributed by atoms with E-state index >= 15 is 0 Å². The number of hydrogen-bond donors (Lipinski definition) is 1. The summed E-state index contributed by atoms with van der Waals surface area (Å²) in [6, 6.07) is 11.8. The number of carbonyl (C=O) groups is 1. The van der Waals surface area contributed by atoms with Crippen molar-refractivity contribution in [2.45, 2.75) is 39.8 Å². The number of amidine groups is 1. The molecule has 31 heavy (non-hydrogen) atoms. The minimum atomic E-state index is 0.0525. The quantitative estimate of drug-likeness (QED) is 0.470. The number of hydrogen-bond acceptors (Lipinski definition) is 3. The van der Waals surface area contributed by atoms with E-state index in [1.807, 2.05) is 47.9 Å². The number of aromatic nitrogens is 2. The number of carbonyl (C=O) groups excluding carboxylic acids is 1. The predicted octanol–water partition coefficient (Wildman–Crippen LogP) is 3.49. The van der Waals surface area contributed by atoms with Crippen molar-refractivity contribution >= 4 is 29.0 Å². The van der Waals surface area contributed by atoms with Crippen LogP contribution in [0.2, 0.25) is 0 Å². The highest BCUT2D eigenvalue weighted by molar-refractivity contribution is 6.04. The van der Waals surface area contributed by atoms with E-state index in [1.54, 1.807) is 19.0 Å². The van der Waals surface area contributed by atoms with Gasteiger partial charge in [-0.2, -0.15) is 0 Å². The number of aliphatic imine (C=N–C) groups is 2. The number of nitrogens with two attached hydrogens (primary N) is 1. The Kier molecular flexibility index (Phi) is 6.84. The number of rotatable bonds is 7. The van der Waals surface area contributed by atoms with Crippen LogP contribution < -0.4 is 5.73 Å². The lowest BCUT2D eigenvalue weighted by molar-refractivity contribution is -0.129. The molecule has 2 heterocycles. The molecule has 1 amide bonds. The summed E-state index contributed by atoms with van der Waals surface area (Å²) in [6.07, 6.45) is 3.54. The monoisotopic (exact) mass is 418 g/mol. The number of amides is 1. The third-order valence-electron chi connectivity index (χ3n) is 5.11. The summed E-state index contributed by atoms with van der Waals surface area (Å²) in [7, 11) is 3.53. The Bertz CT molecular complexity index is 1140. The molecule has 0 saturated heterocycles. The first-order valence-corrected chi connectivity index (χ1v) is 10.3. The lowest BCUT2D eigenvalue weighted by atomic mass is 10.0. The zero-order chi connectivity index (χ0) is 22.5. The molecule has 0 aliphatic carbocycles. The number of benzene rings is 1. The van der Waals surface area contributed by atoms with Gasteiger partial charge in [0.05, 0.1) is 12.2 Å². The molecule has 0 aliphatic rings. The second-order valence-electron chi connectivity index (χ2n) is 8.13. The number of likely N-dealkylation sites (N-methyl/N-ethyl adjacent to an activating group) is 1. The number of nitrogens with zero attached hydrogens (tertiary/aromatic N) is 5. The van der Waals surface area contributed by atoms with Gasteiger partial charge >= 0.3 is 0 Å². The van der Waals surface area contributed by atoms with Crippen LogP contribution in [0.1, 0.15) is 42.3 Å². The first-order chi connectivity index (χ1) is 14.8. The zero-order valence-electron chi connectivity index (χ0n) is 18.8. The first kappa shape index (κ1) is 22.2. The highest BCUT2D eigenvalue weighted by Gasteiger charge is 2.15. The molecule has 3 rings (SSSR count). The molecule has 7 heteroatoms. The summed E-state index contributed by atoms with van der Waals surface area (Å²) >= 11 is 0. The van der Waals surface area contributed by atoms with Crippen LogP contribution in [0.25, 0.3) is 10.9 Å². The Morgan fingerprint density at radius 1 is 1.26 bits per heavy atom. The fourth-order valence-corrected chi connectivity index (χ4v) is 3.36. The molecule has 162 valence electrons. The van der Waals surface area contributed by atoms with E-state index in [4.69, 9.17) is 5.73 Å². The molecule has 2 aromatic heterocycles. The fraction of sp³-hybridized carbons (Fsp3) is 0.333. The number of fused-ring (bicyclic) bond motifs is 1. The van der Waals surface area contributed by atoms with Crippen LogP contribution in [-0.4, -0.2) is 46.6 Å². The highest BCUT2D eigenvalue weighted by atomic mass is 16.2. The van der Waals surface area contributed by atoms with Crippen LogP contribution in [0, 0.1) is 6.92 Å². The molecule has 0 unspecified atom stereocenters. The standard InChI is InChI=1S/C24H30N6O/c1-16(2)21-13-30(14-23(31)29(4)5)22-10-9-18(11-20(21)22)24(25)27-15-26-12-19-8-6-7-17(3)28-19/h6-11,13,15-16H,12,14H2,1-5H3,(H2,25,26,27). The Labute approximate surface area is 183 Å². The first-order valence-electron chi connectivity index (χ1n) is 10.3. The lowest BCUT2D eigenvalue weighted by Crippen LogP contribution is -2.25. The van der Waals surface area contributed by atoms with Crippen LogP contribution in [0.4, 0.5) is 0 Å². The van der Waals surface area contributed by atoms with Crippen molar-refractivity contribution in [1.29, 1.82) is 0 Å². The second kappa shape index (κ2) is 9.55. The summed E-state index contributed by atoms with van der Waals surface area (Å²) in [5.41, 5.74) is 11.1. The van der Waals surface area contributed by atoms with Crippen molar-refractivity contribution in [3.63, 3.8) is 0 Å². The molecule has 0 spiro atoms. The molecule has 2 N–H and O–H groups in total. The van der Waals surface area contributed by atoms with Crippen LogP contribution in [0.5, 0.6) is 0 Å². The molecule has 0 bridgehead atoms. The Hall–Kier alpha value is -3.48. The topological polar surface area (TPSA) is 88.9 Å². The van der Waals surface area contributed by atoms with Crippen LogP contribution in [0.15, 0.2) is 52.6 Å². The summed E-state index contributed by atoms with van der Waals surface area (Å²) in [4.78, 5) is 26.9. The van der Waals surface area contributed by atoms with Crippen molar-refractivity contribution in [2.24, 2.45) is 15.7 Å². The number of pyridine rings is 1. The molecule has 1 aromatic carbocycles. The van der Waals surface area contributed by atoms with Gasteiger partial charge < -0.3 is 15.2 Å². The van der Waals surface area contributed by atoms with Gasteiger partial charge in [0.15, 0.2) is 0 Å². The molecule has 0 atom stereocenters. The van der Waals surface area contributed by atoms with Crippen LogP contribution >= 0.6 is 0 Å². The van der Waals surface area contributed by atoms with Crippen molar-refractivity contribution < 1.29 is 4.79 Å². The molecular weight excluding hydrogens is 388 g/mol. The minimum Gasteiger partial charge on any atom is -0.383 e. The van der Waals surface area contributed by atoms with Gasteiger partial charge in [-0.3, -0.25) is 14.8 Å². The maximum Gasteiger partial charge on any atom is 0.241 e. The Balaban J connectivity index is 1.85. The second-order valence-corrected chi connectivity index (χ2v) is 8.13. The highest BCUT2D eigenvalue weighted by Crippen LogP contribution is 2.28. The van der Waals surface area contributed by atoms with E-state index < -0.39 is 0 Å². The minimum absolute atomic E-state index is 0.0525. The van der Waals surface area contributed by atoms with Crippen LogP contribution in [0.3, 0.4) is 0 Å². The molecule has 7 nitrogen and oxygen atoms in total. The van der Waals surface area contributed by atoms with E-state index in [0.717, 1.165) is 27.9 Å². The predicted molar refractivity (Wildman–Crippen MR) is 127 cm³/mol. The normalized spacial score (nSPS) is 12.3. The van der Waals surface area contributed by atoms with E-state index in [2.05, 4.69) is 35.0 Å². The maximum absolute atomic E-state index is 12.2. The van der Waals surface area contributed by atoms with E-state index in [1.165, 1.54) is 11.9 Å². The molecule has 0 fully saturated rings. The van der Waals surface area contributed by atoms with Gasteiger partial charge in [0.1, 0.15) is 18.7 Å². The van der Waals surface area contributed by atoms with Crippen molar-refractivity contribution in [1.82, 2.24) is 14.5 Å². The smallest absolute Gasteiger partial charge is 0.241 e. The van der Waals surface area contributed by atoms with Gasteiger partial charge in [-0.15, -0.1) is 0 Å². The molecule has 0 aliphatic heterocycles. The van der Waals surface area contributed by atoms with Gasteiger partial charge in [0, 0.05) is 42.5 Å². The number of aryl methyl sites for hydroxylation is 1. The van der Waals surface area contributed by atoms with Crippen molar-refractivity contribution in [3.8, 4) is 0 Å². The summed E-state index contributed by atoms with van der Waals surface area (Å²) in [5, 5.41) is 1.08. The van der Waals surface area contributed by atoms with Gasteiger partial charge in [-0.1, -0.05) is 19.9 Å². The summed E-state index contributed by atoms with van der Waals surface area (Å²) in [5.74, 6) is 0.765. The van der Waals surface area contributed by atoms with Gasteiger partial charge in [-0.05, 0) is 48.7 Å². The molecular formula is C24H30N6O. The maximum atomic E-state index is 12.2. The van der Waals surface area contributed by atoms with E-state index in [9.17, 15) is 4.79 Å². The summed E-state index contributed by atoms with van der Waals surface area (Å²) < 4.78 is 2.00. The Morgan fingerprint density at radius 3 is 2.71 bits per heavy atom. The SMILES string of the molecule is Cc1cccc(CN=CN=C(N)c2ccc3c(c2)c(C(C)C)cn3CC(=O)N(C)C)n1. The molecule has 3 aromatic rings. The van der Waals surface area contributed by atoms with E-state index in [-0.39, 0.29) is 5.91 Å². The average molecular weight is 419 g/mol. The lowest BCUT2D eigenvalue weighted by Gasteiger charge is -2.11. The fourth-order valence-electron chi connectivity index (χ4n) is 3.36. The summed E-state index contributed by atoms with van der Waals surface area (Å²) in [6.45, 7) is 7.00. The zero-order valence-corrected chi connectivity index (χ0v) is 18.8. The van der Waals surface area contributed by atoms with Gasteiger partial charge in [0.2, 0.25) is 5.91 Å². The van der Waals surface area contributed by atoms with Crippen molar-refractivity contribution in [2.75, 3.05) is 14.1 Å². The van der Waals surface area contributed by atoms with Gasteiger partial charge in [0.25, 0.3) is 0 Å².